The van der Waals surface area contributed by atoms with E-state index in [2.05, 4.69) is 79.1 Å². The van der Waals surface area contributed by atoms with Crippen molar-refractivity contribution >= 4 is 19.8 Å². The van der Waals surface area contributed by atoms with Crippen molar-refractivity contribution in [2.24, 2.45) is 0 Å². The number of unbranched alkanes of at least 4 members (excludes halogenated alkanes) is 12. The largest absolute Gasteiger partial charge is 0.469 e. The van der Waals surface area contributed by atoms with Crippen molar-refractivity contribution in [2.75, 3.05) is 13.2 Å². The summed E-state index contributed by atoms with van der Waals surface area (Å²) in [5, 5.41) is 0. The Hall–Kier alpha value is -2.25. The number of hydrogen-bond acceptors (Lipinski definition) is 6. The maximum absolute atomic E-state index is 12.3. The first-order chi connectivity index (χ1) is 22.8. The summed E-state index contributed by atoms with van der Waals surface area (Å²) in [7, 11) is -4.76. The third-order valence-corrected chi connectivity index (χ3v) is 7.76. The maximum Gasteiger partial charge on any atom is 0.469 e. The van der Waals surface area contributed by atoms with Gasteiger partial charge in [-0.1, -0.05) is 126 Å². The van der Waals surface area contributed by atoms with Crippen LogP contribution < -0.4 is 0 Å². The predicted molar refractivity (Wildman–Crippen MR) is 193 cm³/mol. The van der Waals surface area contributed by atoms with E-state index in [0.717, 1.165) is 96.3 Å². The zero-order valence-electron chi connectivity index (χ0n) is 29.4. The smallest absolute Gasteiger partial charge is 0.462 e. The molecule has 0 aliphatic rings. The van der Waals surface area contributed by atoms with Gasteiger partial charge < -0.3 is 19.3 Å². The molecule has 0 saturated carbocycles. The van der Waals surface area contributed by atoms with Gasteiger partial charge in [-0.3, -0.25) is 14.1 Å². The average Bonchev–Trinajstić information content (AvgIpc) is 3.03. The standard InChI is InChI=1S/C38H65O8P/c1-3-5-7-9-11-13-15-17-19-21-22-24-26-28-30-32-37(39)44-34-36(35-45-47(41,42)43)46-38(40)33-31-29-27-25-23-20-18-16-14-12-10-8-6-4-2/h5,7,10-13,16-19,36H,3-4,6,8-9,14-15,20-35H2,1-2H3,(H2,41,42,43)/b7-5-,12-10-,13-11-,18-16-,19-17-/t36-/m1/s1. The number of phosphoric ester groups is 1. The van der Waals surface area contributed by atoms with Crippen molar-refractivity contribution in [3.8, 4) is 0 Å². The molecule has 0 amide bonds. The zero-order valence-corrected chi connectivity index (χ0v) is 30.3. The number of rotatable bonds is 32. The molecule has 0 aromatic rings. The number of carbonyl (C=O) groups excluding carboxylic acids is 2. The Balaban J connectivity index is 4.05. The minimum atomic E-state index is -4.76. The van der Waals surface area contributed by atoms with Gasteiger partial charge in [-0.2, -0.15) is 0 Å². The second-order valence-electron chi connectivity index (χ2n) is 11.8. The second-order valence-corrected chi connectivity index (χ2v) is 13.0. The summed E-state index contributed by atoms with van der Waals surface area (Å²) in [6.07, 6.45) is 40.8. The lowest BCUT2D eigenvalue weighted by Crippen LogP contribution is -2.29. The molecule has 270 valence electrons. The number of phosphoric acid groups is 1. The Kier molecular flexibility index (Phi) is 32.0. The van der Waals surface area contributed by atoms with Crippen LogP contribution in [0.2, 0.25) is 0 Å². The summed E-state index contributed by atoms with van der Waals surface area (Å²) in [5.74, 6) is -0.928. The van der Waals surface area contributed by atoms with Crippen LogP contribution in [0.25, 0.3) is 0 Å². The highest BCUT2D eigenvalue weighted by Gasteiger charge is 2.22. The van der Waals surface area contributed by atoms with Gasteiger partial charge in [-0.05, 0) is 70.6 Å². The molecule has 1 atom stereocenters. The van der Waals surface area contributed by atoms with Crippen LogP contribution in [0, 0.1) is 0 Å². The molecule has 0 fully saturated rings. The van der Waals surface area contributed by atoms with E-state index < -0.39 is 32.5 Å². The van der Waals surface area contributed by atoms with Crippen LogP contribution in [0.4, 0.5) is 0 Å². The molecule has 0 spiro atoms. The summed E-state index contributed by atoms with van der Waals surface area (Å²) in [5.41, 5.74) is 0. The van der Waals surface area contributed by atoms with Crippen molar-refractivity contribution in [1.29, 1.82) is 0 Å². The van der Waals surface area contributed by atoms with Crippen LogP contribution in [0.15, 0.2) is 60.8 Å². The third-order valence-electron chi connectivity index (χ3n) is 7.27. The Bertz CT molecular complexity index is 947. The minimum absolute atomic E-state index is 0.189. The molecule has 0 aromatic heterocycles. The molecule has 0 unspecified atom stereocenters. The summed E-state index contributed by atoms with van der Waals surface area (Å²) < 4.78 is 26.2. The normalized spacial score (nSPS) is 13.2. The fraction of sp³-hybridized carbons (Fsp3) is 0.684. The summed E-state index contributed by atoms with van der Waals surface area (Å²) in [6, 6.07) is 0. The van der Waals surface area contributed by atoms with E-state index in [-0.39, 0.29) is 19.4 Å². The zero-order chi connectivity index (χ0) is 34.7. The van der Waals surface area contributed by atoms with Gasteiger partial charge in [0.05, 0.1) is 6.61 Å². The molecule has 0 aliphatic heterocycles. The van der Waals surface area contributed by atoms with Crippen molar-refractivity contribution in [2.45, 2.75) is 155 Å². The van der Waals surface area contributed by atoms with E-state index in [0.29, 0.717) is 12.8 Å². The Morgan fingerprint density at radius 1 is 0.574 bits per heavy atom. The monoisotopic (exact) mass is 680 g/mol. The minimum Gasteiger partial charge on any atom is -0.462 e. The summed E-state index contributed by atoms with van der Waals surface area (Å²) in [4.78, 5) is 42.6. The molecule has 0 heterocycles. The van der Waals surface area contributed by atoms with Gasteiger partial charge in [0.25, 0.3) is 0 Å². The van der Waals surface area contributed by atoms with E-state index in [9.17, 15) is 14.2 Å². The number of carbonyl (C=O) groups is 2. The van der Waals surface area contributed by atoms with Gasteiger partial charge in [0.2, 0.25) is 0 Å². The second kappa shape index (κ2) is 33.6. The predicted octanol–water partition coefficient (Wildman–Crippen LogP) is 10.6. The molecule has 0 aliphatic carbocycles. The first-order valence-electron chi connectivity index (χ1n) is 18.1. The number of ether oxygens (including phenoxy) is 2. The van der Waals surface area contributed by atoms with Crippen LogP contribution >= 0.6 is 7.82 Å². The Morgan fingerprint density at radius 2 is 1.02 bits per heavy atom. The van der Waals surface area contributed by atoms with E-state index in [1.807, 2.05) is 0 Å². The van der Waals surface area contributed by atoms with Crippen LogP contribution in [-0.4, -0.2) is 41.0 Å². The van der Waals surface area contributed by atoms with Crippen molar-refractivity contribution in [3.05, 3.63) is 60.8 Å². The lowest BCUT2D eigenvalue weighted by atomic mass is 10.1. The highest BCUT2D eigenvalue weighted by molar-refractivity contribution is 7.46. The molecule has 0 aromatic carbocycles. The van der Waals surface area contributed by atoms with Crippen molar-refractivity contribution in [3.63, 3.8) is 0 Å². The van der Waals surface area contributed by atoms with Gasteiger partial charge in [-0.15, -0.1) is 0 Å². The van der Waals surface area contributed by atoms with Gasteiger partial charge in [0.1, 0.15) is 6.61 Å². The maximum atomic E-state index is 12.3. The summed E-state index contributed by atoms with van der Waals surface area (Å²) >= 11 is 0. The van der Waals surface area contributed by atoms with Crippen LogP contribution in [0.1, 0.15) is 149 Å². The molecule has 0 rings (SSSR count). The highest BCUT2D eigenvalue weighted by Crippen LogP contribution is 2.35. The lowest BCUT2D eigenvalue weighted by molar-refractivity contribution is -0.161. The first kappa shape index (κ1) is 44.8. The molecule has 0 radical (unpaired) electrons. The molecule has 2 N–H and O–H groups in total. The third kappa shape index (κ3) is 36.4. The first-order valence-corrected chi connectivity index (χ1v) is 19.6. The van der Waals surface area contributed by atoms with Gasteiger partial charge >= 0.3 is 19.8 Å². The number of esters is 2. The Labute approximate surface area is 286 Å². The van der Waals surface area contributed by atoms with Crippen molar-refractivity contribution < 1.29 is 37.9 Å². The Morgan fingerprint density at radius 3 is 1.53 bits per heavy atom. The topological polar surface area (TPSA) is 119 Å². The molecule has 0 bridgehead atoms. The lowest BCUT2D eigenvalue weighted by Gasteiger charge is -2.18. The quantitative estimate of drug-likeness (QED) is 0.0312. The molecule has 9 heteroatoms. The molecule has 0 saturated heterocycles. The molecule has 47 heavy (non-hydrogen) atoms. The highest BCUT2D eigenvalue weighted by atomic mass is 31.2. The van der Waals surface area contributed by atoms with Gasteiger partial charge in [0.15, 0.2) is 6.10 Å². The van der Waals surface area contributed by atoms with E-state index >= 15 is 0 Å². The van der Waals surface area contributed by atoms with Gasteiger partial charge in [0, 0.05) is 12.8 Å². The van der Waals surface area contributed by atoms with E-state index in [1.165, 1.54) is 12.8 Å². The van der Waals surface area contributed by atoms with Crippen LogP contribution in [-0.2, 0) is 28.2 Å². The average molecular weight is 681 g/mol. The number of allylic oxidation sites excluding steroid dienone is 10. The SMILES string of the molecule is CC/C=C\C/C=C\C/C=C\CCCCCCCC(=O)OC[C@H](COP(=O)(O)O)OC(=O)CCCCCCC/C=C\C/C=C\CCCC. The molecular weight excluding hydrogens is 615 g/mol. The fourth-order valence-corrected chi connectivity index (χ4v) is 4.94. The van der Waals surface area contributed by atoms with E-state index in [4.69, 9.17) is 19.3 Å². The van der Waals surface area contributed by atoms with Crippen LogP contribution in [0.3, 0.4) is 0 Å². The van der Waals surface area contributed by atoms with Crippen molar-refractivity contribution in [1.82, 2.24) is 0 Å². The van der Waals surface area contributed by atoms with Crippen LogP contribution in [0.5, 0.6) is 0 Å². The van der Waals surface area contributed by atoms with E-state index in [1.54, 1.807) is 0 Å². The fourth-order valence-electron chi connectivity index (χ4n) is 4.58. The summed E-state index contributed by atoms with van der Waals surface area (Å²) in [6.45, 7) is 3.48. The number of hydrogen-bond donors (Lipinski definition) is 2. The molecule has 8 nitrogen and oxygen atoms in total. The van der Waals surface area contributed by atoms with Gasteiger partial charge in [-0.25, -0.2) is 4.57 Å². The molecular formula is C38H65O8P.